The Balaban J connectivity index is 1.51. The average molecular weight is 406 g/mol. The number of aromatic nitrogens is 4. The molecule has 156 valence electrons. The Labute approximate surface area is 175 Å². The highest BCUT2D eigenvalue weighted by Crippen LogP contribution is 2.39. The lowest BCUT2D eigenvalue weighted by atomic mass is 9.99. The third kappa shape index (κ3) is 3.34. The summed E-state index contributed by atoms with van der Waals surface area (Å²) in [4.78, 5) is 47.7. The van der Waals surface area contributed by atoms with Gasteiger partial charge in [-0.2, -0.15) is 0 Å². The molecule has 1 saturated carbocycles. The zero-order valence-corrected chi connectivity index (χ0v) is 17.5. The van der Waals surface area contributed by atoms with Crippen LogP contribution in [0.25, 0.3) is 0 Å². The molecule has 2 aromatic rings. The summed E-state index contributed by atoms with van der Waals surface area (Å²) in [6.45, 7) is 4.48. The molecule has 3 aliphatic rings. The van der Waals surface area contributed by atoms with Crippen molar-refractivity contribution >= 4 is 17.6 Å². The fraction of sp³-hybridized carbons (Fsp3) is 0.545. The van der Waals surface area contributed by atoms with Crippen molar-refractivity contribution < 1.29 is 9.59 Å². The first kappa shape index (κ1) is 19.1. The van der Waals surface area contributed by atoms with Gasteiger partial charge in [0.2, 0.25) is 5.91 Å². The van der Waals surface area contributed by atoms with Gasteiger partial charge in [0.05, 0.1) is 17.9 Å². The lowest BCUT2D eigenvalue weighted by Crippen LogP contribution is -2.41. The molecule has 30 heavy (non-hydrogen) atoms. The summed E-state index contributed by atoms with van der Waals surface area (Å²) < 4.78 is 0. The molecule has 5 rings (SSSR count). The lowest BCUT2D eigenvalue weighted by Gasteiger charge is -2.36. The van der Waals surface area contributed by atoms with Crippen molar-refractivity contribution in [3.63, 3.8) is 0 Å². The Morgan fingerprint density at radius 3 is 2.60 bits per heavy atom. The molecule has 0 aromatic carbocycles. The Morgan fingerprint density at radius 1 is 1.03 bits per heavy atom. The van der Waals surface area contributed by atoms with Crippen LogP contribution >= 0.6 is 0 Å². The van der Waals surface area contributed by atoms with Crippen molar-refractivity contribution in [2.45, 2.75) is 70.9 Å². The van der Waals surface area contributed by atoms with E-state index in [1.165, 1.54) is 6.20 Å². The minimum Gasteiger partial charge on any atom is -0.327 e. The second kappa shape index (κ2) is 7.41. The molecule has 2 aromatic heterocycles. The molecule has 1 saturated heterocycles. The van der Waals surface area contributed by atoms with E-state index in [0.717, 1.165) is 54.9 Å². The summed E-state index contributed by atoms with van der Waals surface area (Å²) in [5.41, 5.74) is 3.11. The number of aryl methyl sites for hydroxylation is 2. The molecule has 0 radical (unpaired) electrons. The van der Waals surface area contributed by atoms with Crippen LogP contribution < -0.4 is 4.90 Å². The summed E-state index contributed by atoms with van der Waals surface area (Å²) in [6, 6.07) is 0.0575. The van der Waals surface area contributed by atoms with Gasteiger partial charge >= 0.3 is 0 Å². The number of carbonyl (C=O) groups excluding carboxylic acids is 2. The third-order valence-corrected chi connectivity index (χ3v) is 6.27. The fourth-order valence-electron chi connectivity index (χ4n) is 4.52. The molecule has 8 heteroatoms. The number of rotatable bonds is 3. The first-order valence-electron chi connectivity index (χ1n) is 10.8. The van der Waals surface area contributed by atoms with Gasteiger partial charge in [-0.1, -0.05) is 0 Å². The number of carbonyl (C=O) groups is 2. The molecule has 1 atom stereocenters. The molecule has 0 N–H and O–H groups in total. The van der Waals surface area contributed by atoms with Gasteiger partial charge in [-0.3, -0.25) is 19.5 Å². The molecule has 0 spiro atoms. The van der Waals surface area contributed by atoms with Gasteiger partial charge in [0.25, 0.3) is 5.91 Å². The fourth-order valence-corrected chi connectivity index (χ4v) is 4.52. The molecule has 1 aliphatic carbocycles. The maximum absolute atomic E-state index is 13.2. The zero-order valence-electron chi connectivity index (χ0n) is 17.5. The number of nitrogens with zero attached hydrogens (tertiary/aromatic N) is 6. The lowest BCUT2D eigenvalue weighted by molar-refractivity contribution is -0.119. The van der Waals surface area contributed by atoms with Gasteiger partial charge in [0.1, 0.15) is 11.5 Å². The SMILES string of the molecule is Cc1cnc(C(=O)N2CCCC[C@H]2c2nc(C)c3c(n2)N(C2CC2)C(=O)CC3)cn1. The van der Waals surface area contributed by atoms with E-state index in [1.807, 2.05) is 23.6 Å². The number of fused-ring (bicyclic) bond motifs is 1. The molecule has 2 fully saturated rings. The van der Waals surface area contributed by atoms with Crippen LogP contribution in [0.15, 0.2) is 12.4 Å². The van der Waals surface area contributed by atoms with E-state index >= 15 is 0 Å². The molecule has 2 amide bonds. The predicted octanol–water partition coefficient (Wildman–Crippen LogP) is 2.69. The molecule has 8 nitrogen and oxygen atoms in total. The molecule has 0 bridgehead atoms. The minimum atomic E-state index is -0.212. The minimum absolute atomic E-state index is 0.138. The molecule has 4 heterocycles. The van der Waals surface area contributed by atoms with Gasteiger partial charge in [0, 0.05) is 36.5 Å². The van der Waals surface area contributed by atoms with Crippen LogP contribution in [0.2, 0.25) is 0 Å². The van der Waals surface area contributed by atoms with Gasteiger partial charge in [-0.15, -0.1) is 0 Å². The van der Waals surface area contributed by atoms with Crippen LogP contribution in [-0.4, -0.2) is 49.2 Å². The van der Waals surface area contributed by atoms with E-state index in [-0.39, 0.29) is 23.9 Å². The highest BCUT2D eigenvalue weighted by molar-refractivity contribution is 5.96. The van der Waals surface area contributed by atoms with Crippen LogP contribution in [0.5, 0.6) is 0 Å². The normalized spacial score (nSPS) is 21.5. The standard InChI is InChI=1S/C22H26N6O2/c1-13-11-24-17(12-23-13)22(30)27-10-4-3-5-18(27)20-25-14(2)16-8-9-19(29)28(15-6-7-15)21(16)26-20/h11-12,15,18H,3-10H2,1-2H3/t18-/m0/s1. The zero-order chi connectivity index (χ0) is 20.8. The van der Waals surface area contributed by atoms with Crippen LogP contribution in [0.3, 0.4) is 0 Å². The van der Waals surface area contributed by atoms with E-state index in [4.69, 9.17) is 9.97 Å². The second-order valence-electron chi connectivity index (χ2n) is 8.52. The molecular weight excluding hydrogens is 380 g/mol. The van der Waals surface area contributed by atoms with Gasteiger partial charge < -0.3 is 4.90 Å². The van der Waals surface area contributed by atoms with Crippen molar-refractivity contribution in [2.24, 2.45) is 0 Å². The first-order chi connectivity index (χ1) is 14.5. The quantitative estimate of drug-likeness (QED) is 0.778. The molecular formula is C22H26N6O2. The average Bonchev–Trinajstić information content (AvgIpc) is 3.58. The summed E-state index contributed by atoms with van der Waals surface area (Å²) in [5, 5.41) is 0. The number of piperidine rings is 1. The summed E-state index contributed by atoms with van der Waals surface area (Å²) in [5.74, 6) is 1.42. The monoisotopic (exact) mass is 406 g/mol. The van der Waals surface area contributed by atoms with E-state index in [9.17, 15) is 9.59 Å². The highest BCUT2D eigenvalue weighted by Gasteiger charge is 2.40. The topological polar surface area (TPSA) is 92.2 Å². The van der Waals surface area contributed by atoms with Crippen molar-refractivity contribution in [1.82, 2.24) is 24.8 Å². The summed E-state index contributed by atoms with van der Waals surface area (Å²) in [6.07, 6.45) is 9.19. The smallest absolute Gasteiger partial charge is 0.274 e. The van der Waals surface area contributed by atoms with Crippen LogP contribution in [0.4, 0.5) is 5.82 Å². The number of likely N-dealkylation sites (tertiary alicyclic amines) is 1. The maximum Gasteiger partial charge on any atom is 0.274 e. The number of hydrogen-bond acceptors (Lipinski definition) is 6. The number of anilines is 1. The Morgan fingerprint density at radius 2 is 1.87 bits per heavy atom. The Kier molecular flexibility index (Phi) is 4.72. The summed E-state index contributed by atoms with van der Waals surface area (Å²) >= 11 is 0. The van der Waals surface area contributed by atoms with Crippen LogP contribution in [0.1, 0.15) is 77.8 Å². The van der Waals surface area contributed by atoms with E-state index in [1.54, 1.807) is 6.20 Å². The summed E-state index contributed by atoms with van der Waals surface area (Å²) in [7, 11) is 0. The maximum atomic E-state index is 13.2. The van der Waals surface area contributed by atoms with E-state index in [2.05, 4.69) is 9.97 Å². The third-order valence-electron chi connectivity index (χ3n) is 6.27. The molecule has 2 aliphatic heterocycles. The van der Waals surface area contributed by atoms with Crippen molar-refractivity contribution in [1.29, 1.82) is 0 Å². The van der Waals surface area contributed by atoms with Crippen molar-refractivity contribution in [3.05, 3.63) is 40.9 Å². The number of amides is 2. The Hall–Kier alpha value is -2.90. The molecule has 0 unspecified atom stereocenters. The highest BCUT2D eigenvalue weighted by atomic mass is 16.2. The van der Waals surface area contributed by atoms with Crippen LogP contribution in [-0.2, 0) is 11.2 Å². The van der Waals surface area contributed by atoms with Crippen molar-refractivity contribution in [2.75, 3.05) is 11.4 Å². The van der Waals surface area contributed by atoms with Gasteiger partial charge in [-0.25, -0.2) is 15.0 Å². The van der Waals surface area contributed by atoms with E-state index in [0.29, 0.717) is 30.9 Å². The Bertz CT molecular complexity index is 1000. The first-order valence-corrected chi connectivity index (χ1v) is 10.8. The van der Waals surface area contributed by atoms with Crippen molar-refractivity contribution in [3.8, 4) is 0 Å². The van der Waals surface area contributed by atoms with Gasteiger partial charge in [0.15, 0.2) is 5.82 Å². The predicted molar refractivity (Wildman–Crippen MR) is 110 cm³/mol. The van der Waals surface area contributed by atoms with Crippen LogP contribution in [0, 0.1) is 13.8 Å². The van der Waals surface area contributed by atoms with Gasteiger partial charge in [-0.05, 0) is 52.4 Å². The van der Waals surface area contributed by atoms with E-state index < -0.39 is 0 Å². The second-order valence-corrected chi connectivity index (χ2v) is 8.52. The largest absolute Gasteiger partial charge is 0.327 e. The number of hydrogen-bond donors (Lipinski definition) is 0.